The van der Waals surface area contributed by atoms with Crippen molar-refractivity contribution in [1.29, 1.82) is 0 Å². The molecule has 4 nitrogen and oxygen atoms in total. The second kappa shape index (κ2) is 18.1. The van der Waals surface area contributed by atoms with Gasteiger partial charge in [-0.3, -0.25) is 0 Å². The molecule has 6 aromatic rings. The highest BCUT2D eigenvalue weighted by Crippen LogP contribution is 2.25. The lowest BCUT2D eigenvalue weighted by molar-refractivity contribution is -0.672. The quantitative estimate of drug-likeness (QED) is 0.139. The fourth-order valence-electron chi connectivity index (χ4n) is 5.69. The molecular weight excluding hydrogens is 645 g/mol. The molecule has 0 aliphatic rings. The van der Waals surface area contributed by atoms with Gasteiger partial charge in [-0.25, -0.2) is 18.3 Å². The number of hydrogen-bond acceptors (Lipinski definition) is 0. The maximum absolute atomic E-state index is 2.29. The van der Waals surface area contributed by atoms with Crippen LogP contribution in [0.25, 0.3) is 21.8 Å². The summed E-state index contributed by atoms with van der Waals surface area (Å²) in [6.45, 7) is 26.8. The first kappa shape index (κ1) is 44.7. The summed E-state index contributed by atoms with van der Waals surface area (Å²) in [5.41, 5.74) is 9.07. The van der Waals surface area contributed by atoms with Gasteiger partial charge in [0.1, 0.15) is 28.2 Å². The van der Waals surface area contributed by atoms with Crippen molar-refractivity contribution < 1.29 is 18.3 Å². The number of benzene rings is 2. The molecule has 4 heteroatoms. The monoisotopic (exact) mass is 717 g/mol. The van der Waals surface area contributed by atoms with Crippen LogP contribution in [0.5, 0.6) is 0 Å². The van der Waals surface area contributed by atoms with E-state index >= 15 is 0 Å². The first-order valence-corrected chi connectivity index (χ1v) is 18.7. The molecular formula is C49H72N4+4. The average Bonchev–Trinajstić information content (AvgIpc) is 3.04. The van der Waals surface area contributed by atoms with Crippen LogP contribution in [-0.2, 0) is 49.9 Å². The molecule has 0 unspecified atom stereocenters. The van der Waals surface area contributed by atoms with Crippen molar-refractivity contribution >= 4 is 21.8 Å². The predicted octanol–water partition coefficient (Wildman–Crippen LogP) is 10.2. The minimum Gasteiger partial charge on any atom is -0.208 e. The predicted molar refractivity (Wildman–Crippen MR) is 227 cm³/mol. The lowest BCUT2D eigenvalue weighted by Crippen LogP contribution is -2.31. The topological polar surface area (TPSA) is 15.5 Å². The molecule has 0 saturated heterocycles. The SMILES string of the molecule is C.C[n+]1cc(C(C)(C)C)cc2ccccc21.C[n+]1ccc(C(C)(C)C)cc1.C[n+]1cccc(C(C)(C)C)c1.C[n+]1cccc2cc(C(C)(C)C)ccc21. The molecule has 0 N–H and O–H groups in total. The summed E-state index contributed by atoms with van der Waals surface area (Å²) in [7, 11) is 8.28. The van der Waals surface area contributed by atoms with E-state index < -0.39 is 0 Å². The molecule has 4 heterocycles. The standard InChI is InChI=1S/2C14H18N.2C10H16N.CH4/c1-14(2,3)12-7-8-13-11(10-12)6-5-9-15(13)4;1-14(2,3)12-9-11-7-5-6-8-13(11)15(4)10-12;1-10(2,3)9-5-7-11(4)8-6-9;1-10(2,3)9-6-5-7-11(4)8-9;/h2*5-10H,1-4H3;2*5-8H,1-4H3;1H4/q4*+1;. The Balaban J connectivity index is 0.000000246. The largest absolute Gasteiger partial charge is 0.212 e. The van der Waals surface area contributed by atoms with Gasteiger partial charge in [-0.05, 0) is 63.1 Å². The highest BCUT2D eigenvalue weighted by Gasteiger charge is 2.19. The fourth-order valence-corrected chi connectivity index (χ4v) is 5.69. The third-order valence-corrected chi connectivity index (χ3v) is 9.34. The molecule has 0 bridgehead atoms. The number of para-hydroxylation sites is 1. The van der Waals surface area contributed by atoms with E-state index in [2.05, 4.69) is 245 Å². The van der Waals surface area contributed by atoms with Crippen LogP contribution in [0.4, 0.5) is 0 Å². The van der Waals surface area contributed by atoms with Gasteiger partial charge >= 0.3 is 0 Å². The summed E-state index contributed by atoms with van der Waals surface area (Å²) >= 11 is 0. The first-order chi connectivity index (χ1) is 24.0. The van der Waals surface area contributed by atoms with E-state index in [-0.39, 0.29) is 29.1 Å². The molecule has 0 aliphatic heterocycles. The Morgan fingerprint density at radius 2 is 0.830 bits per heavy atom. The minimum absolute atomic E-state index is 0. The molecule has 284 valence electrons. The molecule has 0 radical (unpaired) electrons. The zero-order chi connectivity index (χ0) is 39.1. The van der Waals surface area contributed by atoms with Crippen LogP contribution in [0, 0.1) is 0 Å². The van der Waals surface area contributed by atoms with Gasteiger partial charge in [-0.15, -0.1) is 0 Å². The molecule has 0 amide bonds. The van der Waals surface area contributed by atoms with E-state index in [0.717, 1.165) is 0 Å². The molecule has 2 aromatic carbocycles. The number of hydrogen-bond donors (Lipinski definition) is 0. The maximum Gasteiger partial charge on any atom is 0.212 e. The third-order valence-electron chi connectivity index (χ3n) is 9.34. The van der Waals surface area contributed by atoms with Gasteiger partial charge in [0.15, 0.2) is 37.2 Å². The summed E-state index contributed by atoms with van der Waals surface area (Å²) in [5.74, 6) is 0. The van der Waals surface area contributed by atoms with Crippen molar-refractivity contribution in [3.8, 4) is 0 Å². The Morgan fingerprint density at radius 1 is 0.358 bits per heavy atom. The Labute approximate surface area is 323 Å². The van der Waals surface area contributed by atoms with E-state index in [1.165, 1.54) is 44.1 Å². The van der Waals surface area contributed by atoms with Gasteiger partial charge in [0.25, 0.3) is 0 Å². The van der Waals surface area contributed by atoms with Crippen molar-refractivity contribution in [1.82, 2.24) is 0 Å². The fraction of sp³-hybridized carbons (Fsp3) is 0.429. The molecule has 0 fully saturated rings. The Kier molecular flexibility index (Phi) is 15.2. The Bertz CT molecular complexity index is 2030. The van der Waals surface area contributed by atoms with Crippen molar-refractivity contribution in [2.45, 2.75) is 112 Å². The van der Waals surface area contributed by atoms with Crippen LogP contribution < -0.4 is 18.3 Å². The normalized spacial score (nSPS) is 11.6. The molecule has 4 aromatic heterocycles. The highest BCUT2D eigenvalue weighted by atomic mass is 14.9. The molecule has 53 heavy (non-hydrogen) atoms. The molecule has 0 spiro atoms. The summed E-state index contributed by atoms with van der Waals surface area (Å²) < 4.78 is 8.49. The number of rotatable bonds is 0. The van der Waals surface area contributed by atoms with Crippen LogP contribution in [0.15, 0.2) is 122 Å². The number of pyridine rings is 4. The van der Waals surface area contributed by atoms with E-state index in [9.17, 15) is 0 Å². The van der Waals surface area contributed by atoms with Crippen LogP contribution in [0.1, 0.15) is 113 Å². The average molecular weight is 717 g/mol. The van der Waals surface area contributed by atoms with Crippen LogP contribution in [-0.4, -0.2) is 0 Å². The second-order valence-electron chi connectivity index (χ2n) is 18.3. The lowest BCUT2D eigenvalue weighted by atomic mass is 9.86. The summed E-state index contributed by atoms with van der Waals surface area (Å²) in [6, 6.07) is 30.4. The van der Waals surface area contributed by atoms with Gasteiger partial charge in [0, 0.05) is 58.3 Å². The summed E-state index contributed by atoms with van der Waals surface area (Å²) in [6.07, 6.45) is 12.7. The van der Waals surface area contributed by atoms with Gasteiger partial charge in [-0.1, -0.05) is 109 Å². The van der Waals surface area contributed by atoms with Crippen LogP contribution >= 0.6 is 0 Å². The van der Waals surface area contributed by atoms with E-state index in [1.807, 2.05) is 7.05 Å². The lowest BCUT2D eigenvalue weighted by Gasteiger charge is -2.18. The van der Waals surface area contributed by atoms with Crippen molar-refractivity contribution in [3.63, 3.8) is 0 Å². The van der Waals surface area contributed by atoms with Gasteiger partial charge < -0.3 is 0 Å². The van der Waals surface area contributed by atoms with Crippen molar-refractivity contribution in [3.05, 3.63) is 144 Å². The number of aromatic nitrogens is 4. The van der Waals surface area contributed by atoms with Crippen molar-refractivity contribution in [2.75, 3.05) is 0 Å². The van der Waals surface area contributed by atoms with Crippen molar-refractivity contribution in [2.24, 2.45) is 28.2 Å². The number of aryl methyl sites for hydroxylation is 4. The number of nitrogens with zero attached hydrogens (tertiary/aromatic N) is 4. The molecule has 0 aliphatic carbocycles. The minimum atomic E-state index is 0. The van der Waals surface area contributed by atoms with Gasteiger partial charge in [0.2, 0.25) is 11.0 Å². The van der Waals surface area contributed by atoms with Gasteiger partial charge in [0.05, 0.1) is 0 Å². The molecule has 0 saturated carbocycles. The van der Waals surface area contributed by atoms with E-state index in [0.29, 0.717) is 0 Å². The maximum atomic E-state index is 2.29. The Morgan fingerprint density at radius 3 is 1.34 bits per heavy atom. The zero-order valence-electron chi connectivity index (χ0n) is 35.3. The molecule has 0 atom stereocenters. The van der Waals surface area contributed by atoms with Gasteiger partial charge in [-0.2, -0.15) is 0 Å². The smallest absolute Gasteiger partial charge is 0.208 e. The van der Waals surface area contributed by atoms with Crippen LogP contribution in [0.3, 0.4) is 0 Å². The third kappa shape index (κ3) is 13.5. The molecule has 6 rings (SSSR count). The summed E-state index contributed by atoms with van der Waals surface area (Å²) in [4.78, 5) is 0. The Hall–Kier alpha value is -4.44. The van der Waals surface area contributed by atoms with E-state index in [1.54, 1.807) is 0 Å². The first-order valence-electron chi connectivity index (χ1n) is 18.7. The van der Waals surface area contributed by atoms with Crippen LogP contribution in [0.2, 0.25) is 0 Å². The highest BCUT2D eigenvalue weighted by molar-refractivity contribution is 5.77. The zero-order valence-corrected chi connectivity index (χ0v) is 35.3. The summed E-state index contributed by atoms with van der Waals surface area (Å²) in [5, 5.41) is 2.62. The van der Waals surface area contributed by atoms with E-state index in [4.69, 9.17) is 0 Å². The number of fused-ring (bicyclic) bond motifs is 2. The second-order valence-corrected chi connectivity index (χ2v) is 18.3.